The van der Waals surface area contributed by atoms with Gasteiger partial charge < -0.3 is 4.90 Å². The molecule has 0 spiro atoms. The van der Waals surface area contributed by atoms with E-state index >= 15 is 0 Å². The summed E-state index contributed by atoms with van der Waals surface area (Å²) in [5.74, 6) is 0. The van der Waals surface area contributed by atoms with Crippen molar-refractivity contribution in [3.05, 3.63) is 51.1 Å². The number of pyridine rings is 1. The maximum atomic E-state index is 12.3. The quantitative estimate of drug-likeness (QED) is 0.838. The Morgan fingerprint density at radius 2 is 2.12 bits per heavy atom. The van der Waals surface area contributed by atoms with E-state index in [1.165, 1.54) is 46.8 Å². The maximum Gasteiger partial charge on any atom is 0.254 e. The van der Waals surface area contributed by atoms with Crippen molar-refractivity contribution in [2.45, 2.75) is 30.4 Å². The first-order chi connectivity index (χ1) is 11.4. The highest BCUT2D eigenvalue weighted by molar-refractivity contribution is 7.89. The fourth-order valence-electron chi connectivity index (χ4n) is 3.15. The topological polar surface area (TPSA) is 63.8 Å². The van der Waals surface area contributed by atoms with Crippen LogP contribution in [0.15, 0.2) is 45.5 Å². The molecule has 0 aliphatic carbocycles. The zero-order valence-corrected chi connectivity index (χ0v) is 15.4. The molecule has 0 bridgehead atoms. The van der Waals surface area contributed by atoms with Crippen molar-refractivity contribution < 1.29 is 13.3 Å². The highest BCUT2D eigenvalue weighted by Gasteiger charge is 2.31. The van der Waals surface area contributed by atoms with Gasteiger partial charge in [-0.05, 0) is 17.5 Å². The van der Waals surface area contributed by atoms with Gasteiger partial charge in [0, 0.05) is 39.2 Å². The Balaban J connectivity index is 1.89. The summed E-state index contributed by atoms with van der Waals surface area (Å²) in [6.07, 6.45) is 3.68. The fourth-order valence-corrected chi connectivity index (χ4v) is 4.99. The molecule has 8 heteroatoms. The van der Waals surface area contributed by atoms with Crippen LogP contribution in [0.4, 0.5) is 0 Å². The van der Waals surface area contributed by atoms with E-state index in [0.717, 1.165) is 23.7 Å². The number of nitrogens with zero attached hydrogens (tertiary/aromatic N) is 2. The molecular weight excluding hydrogens is 346 g/mol. The second kappa shape index (κ2) is 6.79. The summed E-state index contributed by atoms with van der Waals surface area (Å²) in [6, 6.07) is 7.28. The minimum absolute atomic E-state index is 0.151. The SMILES string of the molecule is CN(C)S(=O)(=O)c1ccc(=O)n(C[NH+]2CCC[C@@H]2c2cccs2)c1. The Bertz CT molecular complexity index is 857. The third-order valence-electron chi connectivity index (χ3n) is 4.48. The molecule has 24 heavy (non-hydrogen) atoms. The van der Waals surface area contributed by atoms with Crippen molar-refractivity contribution in [2.75, 3.05) is 20.6 Å². The van der Waals surface area contributed by atoms with Crippen LogP contribution in [-0.4, -0.2) is 37.9 Å². The number of quaternary nitrogens is 1. The normalized spacial score (nSPS) is 21.5. The number of likely N-dealkylation sites (tertiary alicyclic amines) is 1. The fraction of sp³-hybridized carbons (Fsp3) is 0.438. The van der Waals surface area contributed by atoms with Crippen LogP contribution in [0, 0.1) is 0 Å². The summed E-state index contributed by atoms with van der Waals surface area (Å²) in [5, 5.41) is 2.07. The van der Waals surface area contributed by atoms with E-state index in [-0.39, 0.29) is 10.5 Å². The maximum absolute atomic E-state index is 12.3. The second-order valence-corrected chi connectivity index (χ2v) is 9.37. The predicted molar refractivity (Wildman–Crippen MR) is 93.7 cm³/mol. The lowest BCUT2D eigenvalue weighted by molar-refractivity contribution is -0.940. The van der Waals surface area contributed by atoms with Gasteiger partial charge in [-0.3, -0.25) is 9.36 Å². The first-order valence-electron chi connectivity index (χ1n) is 7.90. The number of aromatic nitrogens is 1. The Labute approximate surface area is 146 Å². The van der Waals surface area contributed by atoms with Crippen LogP contribution in [0.3, 0.4) is 0 Å². The van der Waals surface area contributed by atoms with Gasteiger partial charge in [-0.15, -0.1) is 11.3 Å². The molecule has 130 valence electrons. The summed E-state index contributed by atoms with van der Waals surface area (Å²) in [7, 11) is -0.561. The van der Waals surface area contributed by atoms with Gasteiger partial charge in [0.2, 0.25) is 10.0 Å². The standard InChI is InChI=1S/C16H21N3O3S2/c1-17(2)24(21,22)13-7-8-16(20)19(11-13)12-18-9-3-5-14(18)15-6-4-10-23-15/h4,6-8,10-11,14H,3,5,9,12H2,1-2H3/p+1/t14-/m1/s1. The highest BCUT2D eigenvalue weighted by Crippen LogP contribution is 2.23. The van der Waals surface area contributed by atoms with Crippen LogP contribution in [0.2, 0.25) is 0 Å². The van der Waals surface area contributed by atoms with E-state index in [0.29, 0.717) is 12.7 Å². The van der Waals surface area contributed by atoms with E-state index in [1.54, 1.807) is 11.3 Å². The van der Waals surface area contributed by atoms with E-state index in [9.17, 15) is 13.2 Å². The molecule has 2 aromatic rings. The number of hydrogen-bond acceptors (Lipinski definition) is 4. The smallest absolute Gasteiger partial charge is 0.254 e. The minimum Gasteiger partial charge on any atom is -0.311 e. The molecule has 1 aliphatic rings. The van der Waals surface area contributed by atoms with Gasteiger partial charge in [-0.25, -0.2) is 12.7 Å². The molecule has 3 heterocycles. The average molecular weight is 369 g/mol. The van der Waals surface area contributed by atoms with Gasteiger partial charge in [0.25, 0.3) is 5.56 Å². The van der Waals surface area contributed by atoms with Crippen molar-refractivity contribution in [3.8, 4) is 0 Å². The molecule has 1 fully saturated rings. The third-order valence-corrected chi connectivity index (χ3v) is 7.26. The van der Waals surface area contributed by atoms with Gasteiger partial charge in [0.05, 0.1) is 16.3 Å². The van der Waals surface area contributed by atoms with Gasteiger partial charge in [-0.2, -0.15) is 0 Å². The number of thiophene rings is 1. The van der Waals surface area contributed by atoms with E-state index in [4.69, 9.17) is 0 Å². The number of hydrogen-bond donors (Lipinski definition) is 1. The van der Waals surface area contributed by atoms with Gasteiger partial charge in [0.15, 0.2) is 6.67 Å². The molecule has 1 unspecified atom stereocenters. The Morgan fingerprint density at radius 1 is 1.33 bits per heavy atom. The molecule has 1 N–H and O–H groups in total. The van der Waals surface area contributed by atoms with E-state index in [1.807, 2.05) is 6.07 Å². The van der Waals surface area contributed by atoms with Crippen LogP contribution in [0.5, 0.6) is 0 Å². The number of nitrogens with one attached hydrogen (secondary N) is 1. The molecular formula is C16H22N3O3S2+. The molecule has 1 saturated heterocycles. The third kappa shape index (κ3) is 3.32. The first-order valence-corrected chi connectivity index (χ1v) is 10.2. The molecule has 0 amide bonds. The highest BCUT2D eigenvalue weighted by atomic mass is 32.2. The molecule has 2 atom stereocenters. The number of rotatable bonds is 5. The summed E-state index contributed by atoms with van der Waals surface area (Å²) < 4.78 is 27.3. The molecule has 3 rings (SSSR count). The van der Waals surface area contributed by atoms with Crippen molar-refractivity contribution in [3.63, 3.8) is 0 Å². The molecule has 0 aromatic carbocycles. The van der Waals surface area contributed by atoms with Crippen molar-refractivity contribution in [1.29, 1.82) is 0 Å². The lowest BCUT2D eigenvalue weighted by Crippen LogP contribution is -3.09. The van der Waals surface area contributed by atoms with Crippen LogP contribution >= 0.6 is 11.3 Å². The molecule has 1 aliphatic heterocycles. The Morgan fingerprint density at radius 3 is 2.79 bits per heavy atom. The number of sulfonamides is 1. The summed E-state index contributed by atoms with van der Waals surface area (Å²) in [6.45, 7) is 1.47. The van der Waals surface area contributed by atoms with Crippen LogP contribution < -0.4 is 10.5 Å². The van der Waals surface area contributed by atoms with Crippen molar-refractivity contribution >= 4 is 21.4 Å². The molecule has 0 saturated carbocycles. The molecule has 2 aromatic heterocycles. The first kappa shape index (κ1) is 17.3. The predicted octanol–water partition coefficient (Wildman–Crippen LogP) is 0.538. The largest absolute Gasteiger partial charge is 0.311 e. The monoisotopic (exact) mass is 368 g/mol. The average Bonchev–Trinajstić information content (AvgIpc) is 3.19. The lowest BCUT2D eigenvalue weighted by Gasteiger charge is -2.22. The van der Waals surface area contributed by atoms with Crippen LogP contribution in [0.25, 0.3) is 0 Å². The molecule has 0 radical (unpaired) electrons. The van der Waals surface area contributed by atoms with Crippen molar-refractivity contribution in [1.82, 2.24) is 8.87 Å². The van der Waals surface area contributed by atoms with Crippen molar-refractivity contribution in [2.24, 2.45) is 0 Å². The molecule has 6 nitrogen and oxygen atoms in total. The second-order valence-electron chi connectivity index (χ2n) is 6.24. The van der Waals surface area contributed by atoms with E-state index in [2.05, 4.69) is 11.4 Å². The summed E-state index contributed by atoms with van der Waals surface area (Å²) in [5.41, 5.74) is -0.169. The lowest BCUT2D eigenvalue weighted by atomic mass is 10.2. The van der Waals surface area contributed by atoms with Crippen LogP contribution in [-0.2, 0) is 16.7 Å². The van der Waals surface area contributed by atoms with Gasteiger partial charge >= 0.3 is 0 Å². The van der Waals surface area contributed by atoms with Gasteiger partial charge in [0.1, 0.15) is 6.04 Å². The Hall–Kier alpha value is -1.48. The minimum atomic E-state index is -3.54. The van der Waals surface area contributed by atoms with E-state index < -0.39 is 10.0 Å². The zero-order chi connectivity index (χ0) is 17.3. The summed E-state index contributed by atoms with van der Waals surface area (Å²) >= 11 is 1.74. The van der Waals surface area contributed by atoms with Gasteiger partial charge in [-0.1, -0.05) is 6.07 Å². The Kier molecular flexibility index (Phi) is 4.91. The zero-order valence-electron chi connectivity index (χ0n) is 13.8. The summed E-state index contributed by atoms with van der Waals surface area (Å²) in [4.78, 5) is 15.0. The van der Waals surface area contributed by atoms with Crippen LogP contribution in [0.1, 0.15) is 23.8 Å².